The molecule has 0 aromatic rings. The van der Waals surface area contributed by atoms with Gasteiger partial charge in [0.25, 0.3) is 0 Å². The summed E-state index contributed by atoms with van der Waals surface area (Å²) in [6, 6.07) is 0. The first-order valence-electron chi connectivity index (χ1n) is 2.76. The summed E-state index contributed by atoms with van der Waals surface area (Å²) < 4.78 is 0. The van der Waals surface area contributed by atoms with Gasteiger partial charge >= 0.3 is 5.97 Å². The summed E-state index contributed by atoms with van der Waals surface area (Å²) in [6.45, 7) is 0. The van der Waals surface area contributed by atoms with Gasteiger partial charge in [-0.25, -0.2) is 4.79 Å². The molecule has 4 heteroatoms. The van der Waals surface area contributed by atoms with Crippen LogP contribution in [-0.4, -0.2) is 22.4 Å². The van der Waals surface area contributed by atoms with E-state index in [1.165, 1.54) is 18.4 Å². The Morgan fingerprint density at radius 3 is 2.80 bits per heavy atom. The van der Waals surface area contributed by atoms with E-state index in [1.54, 1.807) is 0 Å². The van der Waals surface area contributed by atoms with Crippen LogP contribution in [0.1, 0.15) is 0 Å². The minimum Gasteiger partial charge on any atom is -0.478 e. The van der Waals surface area contributed by atoms with Crippen LogP contribution in [-0.2, 0) is 4.79 Å². The monoisotopic (exact) mass is 141 g/mol. The molecule has 0 saturated carbocycles. The Kier molecular flexibility index (Phi) is 1.73. The van der Waals surface area contributed by atoms with E-state index in [9.17, 15) is 4.79 Å². The Bertz CT molecular complexity index is 207. The van der Waals surface area contributed by atoms with Gasteiger partial charge in [-0.05, 0) is 12.2 Å². The normalized spacial score (nSPS) is 23.3. The molecule has 1 heterocycles. The molecule has 0 saturated heterocycles. The summed E-state index contributed by atoms with van der Waals surface area (Å²) in [6.07, 6.45) is 3.21. The minimum atomic E-state index is -1.00. The second-order valence-corrected chi connectivity index (χ2v) is 1.88. The van der Waals surface area contributed by atoms with Crippen molar-refractivity contribution in [2.24, 2.45) is 0 Å². The van der Waals surface area contributed by atoms with Gasteiger partial charge in [0.2, 0.25) is 0 Å². The highest BCUT2D eigenvalue weighted by molar-refractivity contribution is 5.89. The Balaban J connectivity index is 2.67. The molecular weight excluding hydrogens is 134 g/mol. The fourth-order valence-corrected chi connectivity index (χ4v) is 0.607. The molecule has 1 unspecified atom stereocenters. The molecule has 1 atom stereocenters. The molecule has 0 aromatic heterocycles. The molecule has 0 fully saturated rings. The highest BCUT2D eigenvalue weighted by Gasteiger charge is 2.08. The van der Waals surface area contributed by atoms with Gasteiger partial charge in [0.1, 0.15) is 6.23 Å². The van der Waals surface area contributed by atoms with E-state index in [-0.39, 0.29) is 5.57 Å². The third kappa shape index (κ3) is 1.35. The van der Waals surface area contributed by atoms with Crippen LogP contribution in [0.15, 0.2) is 23.9 Å². The number of aliphatic carboxylic acids is 1. The quantitative estimate of drug-likeness (QED) is 0.457. The number of aliphatic hydroxyl groups excluding tert-OH is 1. The number of carbonyl (C=O) groups is 1. The first kappa shape index (κ1) is 6.82. The number of hydrogen-bond donors (Lipinski definition) is 3. The summed E-state index contributed by atoms with van der Waals surface area (Å²) in [5, 5.41) is 19.6. The lowest BCUT2D eigenvalue weighted by Gasteiger charge is -2.10. The van der Waals surface area contributed by atoms with Gasteiger partial charge in [0.15, 0.2) is 0 Å². The standard InChI is InChI=1S/C6H7NO3/c8-5-2-1-4(3-7-5)6(9)10/h1-3,5,7-8H,(H,9,10). The van der Waals surface area contributed by atoms with E-state index < -0.39 is 12.2 Å². The Morgan fingerprint density at radius 1 is 1.70 bits per heavy atom. The first-order valence-corrected chi connectivity index (χ1v) is 2.76. The summed E-state index contributed by atoms with van der Waals surface area (Å²) in [4.78, 5) is 10.2. The lowest BCUT2D eigenvalue weighted by Crippen LogP contribution is -2.25. The van der Waals surface area contributed by atoms with Crippen LogP contribution < -0.4 is 5.32 Å². The fraction of sp³-hybridized carbons (Fsp3) is 0.167. The molecule has 54 valence electrons. The van der Waals surface area contributed by atoms with Crippen LogP contribution in [0.5, 0.6) is 0 Å². The van der Waals surface area contributed by atoms with Gasteiger partial charge < -0.3 is 15.5 Å². The van der Waals surface area contributed by atoms with Crippen LogP contribution in [0.2, 0.25) is 0 Å². The zero-order valence-corrected chi connectivity index (χ0v) is 5.11. The number of carboxylic acid groups (broad SMARTS) is 1. The van der Waals surface area contributed by atoms with Gasteiger partial charge in [0, 0.05) is 6.20 Å². The molecule has 0 spiro atoms. The predicted octanol–water partition coefficient (Wildman–Crippen LogP) is -0.567. The highest BCUT2D eigenvalue weighted by atomic mass is 16.4. The first-order chi connectivity index (χ1) is 4.70. The van der Waals surface area contributed by atoms with E-state index in [4.69, 9.17) is 10.2 Å². The van der Waals surface area contributed by atoms with Crippen LogP contribution in [0.3, 0.4) is 0 Å². The predicted molar refractivity (Wildman–Crippen MR) is 34.0 cm³/mol. The summed E-state index contributed by atoms with van der Waals surface area (Å²) >= 11 is 0. The Labute approximate surface area is 57.5 Å². The van der Waals surface area contributed by atoms with E-state index in [0.717, 1.165) is 0 Å². The lowest BCUT2D eigenvalue weighted by molar-refractivity contribution is -0.132. The molecular formula is C6H7NO3. The van der Waals surface area contributed by atoms with Crippen molar-refractivity contribution in [2.45, 2.75) is 6.23 Å². The number of nitrogens with one attached hydrogen (secondary N) is 1. The van der Waals surface area contributed by atoms with Gasteiger partial charge in [-0.2, -0.15) is 0 Å². The van der Waals surface area contributed by atoms with Crippen molar-refractivity contribution in [2.75, 3.05) is 0 Å². The third-order valence-electron chi connectivity index (χ3n) is 1.11. The topological polar surface area (TPSA) is 69.6 Å². The van der Waals surface area contributed by atoms with Crippen LogP contribution in [0, 0.1) is 0 Å². The van der Waals surface area contributed by atoms with Crippen molar-refractivity contribution in [3.05, 3.63) is 23.9 Å². The molecule has 1 aliphatic rings. The zero-order chi connectivity index (χ0) is 7.56. The van der Waals surface area contributed by atoms with Gasteiger partial charge in [-0.3, -0.25) is 0 Å². The van der Waals surface area contributed by atoms with Crippen molar-refractivity contribution in [1.82, 2.24) is 5.32 Å². The maximum atomic E-state index is 10.2. The van der Waals surface area contributed by atoms with Gasteiger partial charge in [-0.1, -0.05) is 0 Å². The summed E-state index contributed by atoms with van der Waals surface area (Å²) in [5.41, 5.74) is 0.144. The number of carboxylic acids is 1. The van der Waals surface area contributed by atoms with E-state index in [2.05, 4.69) is 5.32 Å². The smallest absolute Gasteiger partial charge is 0.337 e. The molecule has 0 aliphatic carbocycles. The Morgan fingerprint density at radius 2 is 2.40 bits per heavy atom. The summed E-state index contributed by atoms with van der Waals surface area (Å²) in [7, 11) is 0. The lowest BCUT2D eigenvalue weighted by atomic mass is 10.2. The van der Waals surface area contributed by atoms with Gasteiger partial charge in [-0.15, -0.1) is 0 Å². The molecule has 0 bridgehead atoms. The second kappa shape index (κ2) is 2.53. The fourth-order valence-electron chi connectivity index (χ4n) is 0.607. The van der Waals surface area contributed by atoms with Crippen molar-refractivity contribution in [3.8, 4) is 0 Å². The van der Waals surface area contributed by atoms with Crippen LogP contribution in [0.4, 0.5) is 0 Å². The number of rotatable bonds is 1. The Hall–Kier alpha value is -1.29. The average Bonchev–Trinajstić information content (AvgIpc) is 1.88. The van der Waals surface area contributed by atoms with Crippen molar-refractivity contribution >= 4 is 5.97 Å². The number of aliphatic hydroxyl groups is 1. The number of hydrogen-bond acceptors (Lipinski definition) is 3. The van der Waals surface area contributed by atoms with E-state index >= 15 is 0 Å². The molecule has 0 aromatic carbocycles. The zero-order valence-electron chi connectivity index (χ0n) is 5.11. The van der Waals surface area contributed by atoms with E-state index in [1.807, 2.05) is 0 Å². The molecule has 0 radical (unpaired) electrons. The molecule has 3 N–H and O–H groups in total. The number of dihydropyridines is 1. The molecule has 1 rings (SSSR count). The third-order valence-corrected chi connectivity index (χ3v) is 1.11. The summed E-state index contributed by atoms with van der Waals surface area (Å²) in [5.74, 6) is -1.00. The van der Waals surface area contributed by atoms with E-state index in [0.29, 0.717) is 0 Å². The second-order valence-electron chi connectivity index (χ2n) is 1.88. The largest absolute Gasteiger partial charge is 0.478 e. The maximum Gasteiger partial charge on any atom is 0.337 e. The average molecular weight is 141 g/mol. The SMILES string of the molecule is O=C(O)C1=CNC(O)C=C1. The van der Waals surface area contributed by atoms with Gasteiger partial charge in [0.05, 0.1) is 5.57 Å². The van der Waals surface area contributed by atoms with Crippen LogP contribution >= 0.6 is 0 Å². The molecule has 1 aliphatic heterocycles. The minimum absolute atomic E-state index is 0.144. The van der Waals surface area contributed by atoms with Crippen LogP contribution in [0.25, 0.3) is 0 Å². The van der Waals surface area contributed by atoms with Crippen molar-refractivity contribution in [3.63, 3.8) is 0 Å². The molecule has 10 heavy (non-hydrogen) atoms. The molecule has 4 nitrogen and oxygen atoms in total. The van der Waals surface area contributed by atoms with Crippen molar-refractivity contribution < 1.29 is 15.0 Å². The highest BCUT2D eigenvalue weighted by Crippen LogP contribution is 2.01. The maximum absolute atomic E-state index is 10.2. The van der Waals surface area contributed by atoms with Crippen molar-refractivity contribution in [1.29, 1.82) is 0 Å². The molecule has 0 amide bonds.